The van der Waals surface area contributed by atoms with Crippen LogP contribution in [-0.2, 0) is 0 Å². The molecule has 0 atom stereocenters. The maximum Gasteiger partial charge on any atom is 0.337 e. The number of hydrogen-bond acceptors (Lipinski definition) is 2. The molecule has 0 bridgehead atoms. The van der Waals surface area contributed by atoms with Gasteiger partial charge >= 0.3 is 5.97 Å². The van der Waals surface area contributed by atoms with Gasteiger partial charge in [0.15, 0.2) is 11.6 Å². The van der Waals surface area contributed by atoms with Gasteiger partial charge in [-0.2, -0.15) is 4.39 Å². The van der Waals surface area contributed by atoms with E-state index in [1.54, 1.807) is 0 Å². The van der Waals surface area contributed by atoms with Crippen LogP contribution in [0.4, 0.5) is 8.78 Å². The topological polar surface area (TPSA) is 46.5 Å². The largest absolute Gasteiger partial charge is 0.478 e. The Bertz CT molecular complexity index is 692. The normalized spacial score (nSPS) is 10.4. The van der Waals surface area contributed by atoms with Crippen molar-refractivity contribution >= 4 is 33.5 Å². The number of carbonyl (C=O) groups is 1. The number of carboxylic acids is 1. The average molecular weight is 364 g/mol. The first kappa shape index (κ1) is 14.7. The fraction of sp³-hybridized carbons (Fsp3) is 0. The number of hydrogen-bond donors (Lipinski definition) is 1. The lowest BCUT2D eigenvalue weighted by Crippen LogP contribution is -1.98. The van der Waals surface area contributed by atoms with Crippen LogP contribution in [-0.4, -0.2) is 11.1 Å². The minimum Gasteiger partial charge on any atom is -0.478 e. The van der Waals surface area contributed by atoms with Gasteiger partial charge in [0.05, 0.1) is 10.6 Å². The second-order valence-electron chi connectivity index (χ2n) is 3.75. The molecule has 7 heteroatoms. The van der Waals surface area contributed by atoms with Crippen LogP contribution in [0.15, 0.2) is 34.8 Å². The number of rotatable bonds is 3. The van der Waals surface area contributed by atoms with Crippen LogP contribution in [0.5, 0.6) is 11.5 Å². The van der Waals surface area contributed by atoms with Crippen molar-refractivity contribution in [3.05, 3.63) is 57.0 Å². The van der Waals surface area contributed by atoms with E-state index in [1.807, 2.05) is 0 Å². The van der Waals surface area contributed by atoms with Crippen LogP contribution in [0.25, 0.3) is 0 Å². The molecule has 104 valence electrons. The Kier molecular flexibility index (Phi) is 4.25. The zero-order valence-corrected chi connectivity index (χ0v) is 12.0. The highest BCUT2D eigenvalue weighted by atomic mass is 79.9. The van der Waals surface area contributed by atoms with Gasteiger partial charge in [0.1, 0.15) is 5.75 Å². The number of benzene rings is 2. The first-order valence-electron chi connectivity index (χ1n) is 5.23. The van der Waals surface area contributed by atoms with Gasteiger partial charge in [0, 0.05) is 10.5 Å². The summed E-state index contributed by atoms with van der Waals surface area (Å²) < 4.78 is 32.2. The van der Waals surface area contributed by atoms with E-state index in [9.17, 15) is 13.6 Å². The van der Waals surface area contributed by atoms with Gasteiger partial charge in [-0.15, -0.1) is 0 Å². The van der Waals surface area contributed by atoms with Gasteiger partial charge in [-0.3, -0.25) is 0 Å². The van der Waals surface area contributed by atoms with E-state index in [0.717, 1.165) is 6.07 Å². The van der Waals surface area contributed by atoms with E-state index in [2.05, 4.69) is 15.9 Å². The molecule has 2 rings (SSSR count). The van der Waals surface area contributed by atoms with Crippen LogP contribution >= 0.6 is 27.5 Å². The third-order valence-electron chi connectivity index (χ3n) is 2.36. The summed E-state index contributed by atoms with van der Waals surface area (Å²) in [6, 6.07) is 5.93. The highest BCUT2D eigenvalue weighted by molar-refractivity contribution is 9.10. The van der Waals surface area contributed by atoms with Gasteiger partial charge in [-0.1, -0.05) is 27.5 Å². The van der Waals surface area contributed by atoms with Crippen molar-refractivity contribution in [2.75, 3.05) is 0 Å². The maximum absolute atomic E-state index is 13.5. The zero-order chi connectivity index (χ0) is 14.9. The third kappa shape index (κ3) is 3.08. The number of halogens is 4. The first-order chi connectivity index (χ1) is 9.38. The van der Waals surface area contributed by atoms with E-state index in [1.165, 1.54) is 24.3 Å². The van der Waals surface area contributed by atoms with Crippen molar-refractivity contribution in [1.29, 1.82) is 0 Å². The van der Waals surface area contributed by atoms with Crippen LogP contribution in [0.1, 0.15) is 10.4 Å². The highest BCUT2D eigenvalue weighted by Gasteiger charge is 2.14. The molecule has 2 aromatic carbocycles. The second-order valence-corrected chi connectivity index (χ2v) is 5.07. The van der Waals surface area contributed by atoms with Crippen molar-refractivity contribution in [3.63, 3.8) is 0 Å². The molecule has 2 aromatic rings. The molecule has 0 radical (unpaired) electrons. The molecule has 0 fully saturated rings. The number of aromatic carboxylic acids is 1. The smallest absolute Gasteiger partial charge is 0.337 e. The SMILES string of the molecule is O=C(O)c1ccc(Oc2cc(Br)cc(F)c2F)cc1Cl. The summed E-state index contributed by atoms with van der Waals surface area (Å²) in [5, 5.41) is 8.76. The van der Waals surface area contributed by atoms with Gasteiger partial charge in [0.25, 0.3) is 0 Å². The molecule has 0 aliphatic carbocycles. The minimum absolute atomic E-state index is 0.0640. The molecule has 0 amide bonds. The molecule has 0 spiro atoms. The molecule has 20 heavy (non-hydrogen) atoms. The Morgan fingerprint density at radius 3 is 2.55 bits per heavy atom. The van der Waals surface area contributed by atoms with Crippen molar-refractivity contribution in [2.24, 2.45) is 0 Å². The summed E-state index contributed by atoms with van der Waals surface area (Å²) in [7, 11) is 0. The fourth-order valence-corrected chi connectivity index (χ4v) is 2.13. The molecule has 0 unspecified atom stereocenters. The van der Waals surface area contributed by atoms with Crippen LogP contribution < -0.4 is 4.74 Å². The molecule has 0 aliphatic rings. The molecular weight excluding hydrogens is 357 g/mol. The van der Waals surface area contributed by atoms with Crippen LogP contribution in [0.2, 0.25) is 5.02 Å². The summed E-state index contributed by atoms with van der Waals surface area (Å²) in [4.78, 5) is 10.8. The molecule has 0 saturated carbocycles. The fourth-order valence-electron chi connectivity index (χ4n) is 1.47. The quantitative estimate of drug-likeness (QED) is 0.791. The van der Waals surface area contributed by atoms with E-state index >= 15 is 0 Å². The monoisotopic (exact) mass is 362 g/mol. The van der Waals surface area contributed by atoms with Gasteiger partial charge in [-0.25, -0.2) is 9.18 Å². The third-order valence-corrected chi connectivity index (χ3v) is 3.13. The molecular formula is C13H6BrClF2O3. The molecule has 1 N–H and O–H groups in total. The Labute approximate surface area is 125 Å². The zero-order valence-electron chi connectivity index (χ0n) is 9.66. The number of carboxylic acid groups (broad SMARTS) is 1. The minimum atomic E-state index is -1.19. The van der Waals surface area contributed by atoms with E-state index in [0.29, 0.717) is 4.47 Å². The number of ether oxygens (including phenoxy) is 1. The summed E-state index contributed by atoms with van der Waals surface area (Å²) in [5.41, 5.74) is -0.111. The Balaban J connectivity index is 2.36. The Morgan fingerprint density at radius 2 is 1.95 bits per heavy atom. The van der Waals surface area contributed by atoms with E-state index in [4.69, 9.17) is 21.4 Å². The standard InChI is InChI=1S/C13H6BrClF2O3/c14-6-3-10(16)12(17)11(4-6)20-7-1-2-8(13(18)19)9(15)5-7/h1-5H,(H,18,19). The molecule has 0 aliphatic heterocycles. The van der Waals surface area contributed by atoms with E-state index in [-0.39, 0.29) is 22.1 Å². The van der Waals surface area contributed by atoms with Crippen molar-refractivity contribution in [1.82, 2.24) is 0 Å². The predicted molar refractivity (Wildman–Crippen MR) is 72.5 cm³/mol. The second kappa shape index (κ2) is 5.76. The lowest BCUT2D eigenvalue weighted by Gasteiger charge is -2.09. The lowest BCUT2D eigenvalue weighted by molar-refractivity contribution is 0.0697. The average Bonchev–Trinajstić information content (AvgIpc) is 2.35. The highest BCUT2D eigenvalue weighted by Crippen LogP contribution is 2.31. The van der Waals surface area contributed by atoms with E-state index < -0.39 is 17.6 Å². The maximum atomic E-state index is 13.5. The molecule has 0 saturated heterocycles. The van der Waals surface area contributed by atoms with Gasteiger partial charge in [0.2, 0.25) is 5.82 Å². The molecule has 3 nitrogen and oxygen atoms in total. The summed E-state index contributed by atoms with van der Waals surface area (Å²) >= 11 is 8.77. The van der Waals surface area contributed by atoms with Crippen molar-refractivity contribution < 1.29 is 23.4 Å². The summed E-state index contributed by atoms with van der Waals surface area (Å²) in [6.07, 6.45) is 0. The van der Waals surface area contributed by atoms with Crippen molar-refractivity contribution in [3.8, 4) is 11.5 Å². The first-order valence-corrected chi connectivity index (χ1v) is 6.41. The predicted octanol–water partition coefficient (Wildman–Crippen LogP) is 4.87. The van der Waals surface area contributed by atoms with Gasteiger partial charge in [-0.05, 0) is 24.3 Å². The Morgan fingerprint density at radius 1 is 1.25 bits per heavy atom. The summed E-state index contributed by atoms with van der Waals surface area (Å²) in [5.74, 6) is -3.65. The lowest BCUT2D eigenvalue weighted by atomic mass is 10.2. The van der Waals surface area contributed by atoms with Gasteiger partial charge < -0.3 is 9.84 Å². The van der Waals surface area contributed by atoms with Crippen LogP contribution in [0, 0.1) is 11.6 Å². The molecule has 0 aromatic heterocycles. The molecule has 0 heterocycles. The van der Waals surface area contributed by atoms with Crippen LogP contribution in [0.3, 0.4) is 0 Å². The Hall–Kier alpha value is -1.66. The van der Waals surface area contributed by atoms with Crippen molar-refractivity contribution in [2.45, 2.75) is 0 Å². The summed E-state index contributed by atoms with van der Waals surface area (Å²) in [6.45, 7) is 0.